The van der Waals surface area contributed by atoms with Crippen LogP contribution < -0.4 is 20.9 Å². The van der Waals surface area contributed by atoms with Crippen LogP contribution in [-0.4, -0.2) is 35.2 Å². The molecular weight excluding hydrogens is 463 g/mol. The first-order valence-corrected chi connectivity index (χ1v) is 10.4. The number of halogens is 2. The lowest BCUT2D eigenvalue weighted by Gasteiger charge is -2.12. The van der Waals surface area contributed by atoms with Gasteiger partial charge in [0.25, 0.3) is 11.5 Å². The molecule has 0 aliphatic heterocycles. The summed E-state index contributed by atoms with van der Waals surface area (Å²) in [5, 5.41) is 9.79. The van der Waals surface area contributed by atoms with Crippen molar-refractivity contribution in [1.29, 1.82) is 0 Å². The molecule has 1 heterocycles. The van der Waals surface area contributed by atoms with Gasteiger partial charge in [0.2, 0.25) is 5.91 Å². The topological polar surface area (TPSA) is 102 Å². The Morgan fingerprint density at radius 2 is 1.76 bits per heavy atom. The summed E-state index contributed by atoms with van der Waals surface area (Å²) >= 11 is 5.72. The lowest BCUT2D eigenvalue weighted by atomic mass is 10.1. The van der Waals surface area contributed by atoms with Crippen LogP contribution >= 0.6 is 11.6 Å². The number of carbonyl (C=O) groups excluding carboxylic acids is 2. The van der Waals surface area contributed by atoms with Crippen molar-refractivity contribution in [2.24, 2.45) is 0 Å². The van der Waals surface area contributed by atoms with E-state index in [9.17, 15) is 18.8 Å². The van der Waals surface area contributed by atoms with Crippen LogP contribution in [0.5, 0.6) is 5.75 Å². The summed E-state index contributed by atoms with van der Waals surface area (Å²) in [5.74, 6) is -1.21. The number of aromatic nitrogens is 2. The fraction of sp³-hybridized carbons (Fsp3) is 0.0833. The first kappa shape index (κ1) is 22.9. The number of ether oxygens (including phenoxy) is 1. The van der Waals surface area contributed by atoms with E-state index in [0.717, 1.165) is 10.7 Å². The van der Waals surface area contributed by atoms with E-state index in [-0.39, 0.29) is 22.9 Å². The van der Waals surface area contributed by atoms with Crippen molar-refractivity contribution < 1.29 is 18.7 Å². The SMILES string of the molecule is COc1ccc(-n2nc(C(=O)NCC(=O)Nc3ccc(F)c(Cl)c3)c3ccccc3c2=O)cc1. The van der Waals surface area contributed by atoms with Gasteiger partial charge in [-0.05, 0) is 48.5 Å². The molecule has 1 aromatic heterocycles. The molecule has 34 heavy (non-hydrogen) atoms. The average molecular weight is 481 g/mol. The van der Waals surface area contributed by atoms with Crippen LogP contribution in [-0.2, 0) is 4.79 Å². The molecule has 0 aliphatic rings. The zero-order chi connectivity index (χ0) is 24.2. The lowest BCUT2D eigenvalue weighted by molar-refractivity contribution is -0.115. The van der Waals surface area contributed by atoms with Gasteiger partial charge in [-0.3, -0.25) is 14.4 Å². The van der Waals surface area contributed by atoms with Crippen LogP contribution in [0.2, 0.25) is 5.02 Å². The Hall–Kier alpha value is -4.24. The Morgan fingerprint density at radius 3 is 2.44 bits per heavy atom. The van der Waals surface area contributed by atoms with Gasteiger partial charge in [0.15, 0.2) is 5.69 Å². The van der Waals surface area contributed by atoms with Crippen LogP contribution in [0.15, 0.2) is 71.5 Å². The van der Waals surface area contributed by atoms with E-state index in [1.807, 2.05) is 0 Å². The predicted molar refractivity (Wildman–Crippen MR) is 126 cm³/mol. The number of hydrogen-bond donors (Lipinski definition) is 2. The van der Waals surface area contributed by atoms with Crippen LogP contribution in [0, 0.1) is 5.82 Å². The second-order valence-electron chi connectivity index (χ2n) is 7.17. The lowest BCUT2D eigenvalue weighted by Crippen LogP contribution is -2.35. The quantitative estimate of drug-likeness (QED) is 0.439. The van der Waals surface area contributed by atoms with Gasteiger partial charge < -0.3 is 15.4 Å². The summed E-state index contributed by atoms with van der Waals surface area (Å²) < 4.78 is 19.6. The van der Waals surface area contributed by atoms with E-state index >= 15 is 0 Å². The summed E-state index contributed by atoms with van der Waals surface area (Å²) in [6.07, 6.45) is 0. The van der Waals surface area contributed by atoms with Gasteiger partial charge in [-0.2, -0.15) is 9.78 Å². The van der Waals surface area contributed by atoms with Crippen molar-refractivity contribution in [1.82, 2.24) is 15.1 Å². The van der Waals surface area contributed by atoms with Crippen molar-refractivity contribution in [3.63, 3.8) is 0 Å². The monoisotopic (exact) mass is 480 g/mol. The first-order chi connectivity index (χ1) is 16.4. The molecule has 0 fully saturated rings. The maximum atomic E-state index is 13.3. The normalized spacial score (nSPS) is 10.7. The van der Waals surface area contributed by atoms with E-state index < -0.39 is 23.2 Å². The smallest absolute Gasteiger partial charge is 0.279 e. The van der Waals surface area contributed by atoms with Crippen LogP contribution in [0.25, 0.3) is 16.5 Å². The van der Waals surface area contributed by atoms with Crippen molar-refractivity contribution in [2.45, 2.75) is 0 Å². The zero-order valence-corrected chi connectivity index (χ0v) is 18.6. The van der Waals surface area contributed by atoms with Crippen molar-refractivity contribution >= 4 is 39.9 Å². The van der Waals surface area contributed by atoms with Crippen molar-refractivity contribution in [3.8, 4) is 11.4 Å². The fourth-order valence-electron chi connectivity index (χ4n) is 3.28. The molecule has 2 N–H and O–H groups in total. The van der Waals surface area contributed by atoms with E-state index in [4.69, 9.17) is 16.3 Å². The molecule has 4 aromatic rings. The Bertz CT molecular complexity index is 1450. The molecule has 0 saturated carbocycles. The summed E-state index contributed by atoms with van der Waals surface area (Å²) in [5.41, 5.74) is 0.297. The zero-order valence-electron chi connectivity index (χ0n) is 17.8. The third-order valence-corrected chi connectivity index (χ3v) is 5.24. The highest BCUT2D eigenvalue weighted by Crippen LogP contribution is 2.20. The van der Waals surface area contributed by atoms with Crippen molar-refractivity contribution in [2.75, 3.05) is 19.0 Å². The highest BCUT2D eigenvalue weighted by atomic mass is 35.5. The molecule has 2 amide bonds. The van der Waals surface area contributed by atoms with E-state index in [1.165, 1.54) is 19.2 Å². The third kappa shape index (κ3) is 4.74. The number of rotatable bonds is 6. The van der Waals surface area contributed by atoms with E-state index in [1.54, 1.807) is 48.5 Å². The molecule has 0 aliphatic carbocycles. The maximum Gasteiger partial charge on any atom is 0.279 e. The number of benzene rings is 3. The van der Waals surface area contributed by atoms with Crippen molar-refractivity contribution in [3.05, 3.63) is 93.6 Å². The summed E-state index contributed by atoms with van der Waals surface area (Å²) in [6.45, 7) is -0.383. The average Bonchev–Trinajstić information content (AvgIpc) is 2.85. The van der Waals surface area contributed by atoms with Crippen LogP contribution in [0.1, 0.15) is 10.5 Å². The van der Waals surface area contributed by atoms with Gasteiger partial charge in [0, 0.05) is 11.1 Å². The number of carbonyl (C=O) groups is 2. The third-order valence-electron chi connectivity index (χ3n) is 4.95. The van der Waals surface area contributed by atoms with Crippen LogP contribution in [0.3, 0.4) is 0 Å². The van der Waals surface area contributed by atoms with Crippen LogP contribution in [0.4, 0.5) is 10.1 Å². The number of nitrogens with zero attached hydrogens (tertiary/aromatic N) is 2. The number of hydrogen-bond acceptors (Lipinski definition) is 5. The highest BCUT2D eigenvalue weighted by molar-refractivity contribution is 6.31. The molecule has 4 rings (SSSR count). The number of amides is 2. The Balaban J connectivity index is 1.60. The van der Waals surface area contributed by atoms with Gasteiger partial charge in [0.05, 0.1) is 29.8 Å². The van der Waals surface area contributed by atoms with Gasteiger partial charge >= 0.3 is 0 Å². The molecule has 0 bridgehead atoms. The van der Waals surface area contributed by atoms with E-state index in [2.05, 4.69) is 15.7 Å². The van der Waals surface area contributed by atoms with Gasteiger partial charge in [0.1, 0.15) is 11.6 Å². The molecular formula is C24H18ClFN4O4. The predicted octanol–water partition coefficient (Wildman–Crippen LogP) is 3.56. The molecule has 0 radical (unpaired) electrons. The van der Waals surface area contributed by atoms with Gasteiger partial charge in [-0.15, -0.1) is 0 Å². The van der Waals surface area contributed by atoms with Gasteiger partial charge in [-0.1, -0.05) is 29.8 Å². The van der Waals surface area contributed by atoms with Gasteiger partial charge in [-0.25, -0.2) is 4.39 Å². The standard InChI is InChI=1S/C24H18ClFN4O4/c1-34-16-9-7-15(8-10-16)30-24(33)18-5-3-2-4-17(18)22(29-30)23(32)27-13-21(31)28-14-6-11-20(26)19(25)12-14/h2-12H,13H2,1H3,(H,27,32)(H,28,31). The molecule has 8 nitrogen and oxygen atoms in total. The summed E-state index contributed by atoms with van der Waals surface area (Å²) in [6, 6.07) is 16.9. The Labute approximate surface area is 197 Å². The number of methoxy groups -OCH3 is 1. The largest absolute Gasteiger partial charge is 0.497 e. The fourth-order valence-corrected chi connectivity index (χ4v) is 3.46. The highest BCUT2D eigenvalue weighted by Gasteiger charge is 2.18. The minimum atomic E-state index is -0.647. The molecule has 172 valence electrons. The van der Waals surface area contributed by atoms with E-state index in [0.29, 0.717) is 22.2 Å². The molecule has 0 unspecified atom stereocenters. The molecule has 0 spiro atoms. The number of fused-ring (bicyclic) bond motifs is 1. The minimum Gasteiger partial charge on any atom is -0.497 e. The molecule has 10 heteroatoms. The molecule has 3 aromatic carbocycles. The Kier molecular flexibility index (Phi) is 6.55. The second-order valence-corrected chi connectivity index (χ2v) is 7.58. The Morgan fingerprint density at radius 1 is 1.06 bits per heavy atom. The summed E-state index contributed by atoms with van der Waals surface area (Å²) in [7, 11) is 1.53. The minimum absolute atomic E-state index is 0.0244. The second kappa shape index (κ2) is 9.72. The number of anilines is 1. The molecule has 0 saturated heterocycles. The summed E-state index contributed by atoms with van der Waals surface area (Å²) in [4.78, 5) is 38.2. The first-order valence-electron chi connectivity index (χ1n) is 10.1. The number of nitrogens with one attached hydrogen (secondary N) is 2. The molecule has 0 atom stereocenters. The maximum absolute atomic E-state index is 13.3.